The number of nitrogens with zero attached hydrogens (tertiary/aromatic N) is 2. The number of halogens is 3. The van der Waals surface area contributed by atoms with Crippen molar-refractivity contribution in [2.24, 2.45) is 5.92 Å². The Morgan fingerprint density at radius 3 is 2.59 bits per heavy atom. The van der Waals surface area contributed by atoms with Gasteiger partial charge in [0.25, 0.3) is 5.91 Å². The highest BCUT2D eigenvalue weighted by Gasteiger charge is 2.46. The average molecular weight is 643 g/mol. The Bertz CT molecular complexity index is 1370. The number of alkyl halides is 3. The third-order valence-electron chi connectivity index (χ3n) is 8.41. The van der Waals surface area contributed by atoms with Gasteiger partial charge in [-0.25, -0.2) is 9.71 Å². The molecular formula is C30H41F3N4O6S. The summed E-state index contributed by atoms with van der Waals surface area (Å²) in [6, 6.07) is 4.94. The van der Waals surface area contributed by atoms with Crippen LogP contribution in [-0.2, 0) is 27.8 Å². The summed E-state index contributed by atoms with van der Waals surface area (Å²) in [5.74, 6) is 0.270. The van der Waals surface area contributed by atoms with Gasteiger partial charge in [-0.2, -0.15) is 21.6 Å². The molecule has 2 aliphatic rings. The lowest BCUT2D eigenvalue weighted by molar-refractivity contribution is -0.120. The van der Waals surface area contributed by atoms with E-state index in [4.69, 9.17) is 9.15 Å². The third-order valence-corrected chi connectivity index (χ3v) is 9.52. The number of amides is 2. The molecule has 0 bridgehead atoms. The van der Waals surface area contributed by atoms with E-state index in [-0.39, 0.29) is 24.1 Å². The van der Waals surface area contributed by atoms with E-state index in [1.165, 1.54) is 51.9 Å². The van der Waals surface area contributed by atoms with Crippen molar-refractivity contribution in [1.29, 1.82) is 0 Å². The quantitative estimate of drug-likeness (QED) is 0.262. The van der Waals surface area contributed by atoms with E-state index in [1.807, 2.05) is 0 Å². The van der Waals surface area contributed by atoms with Crippen LogP contribution in [-0.4, -0.2) is 55.8 Å². The first-order valence-electron chi connectivity index (χ1n) is 15.2. The van der Waals surface area contributed by atoms with Crippen LogP contribution in [0.25, 0.3) is 0 Å². The molecule has 0 spiro atoms. The van der Waals surface area contributed by atoms with E-state index in [1.54, 1.807) is 18.2 Å². The second-order valence-corrected chi connectivity index (χ2v) is 13.2. The minimum absolute atomic E-state index is 0.0149. The molecule has 0 unspecified atom stereocenters. The molecule has 2 heterocycles. The molecule has 1 aromatic carbocycles. The number of rotatable bonds is 14. The summed E-state index contributed by atoms with van der Waals surface area (Å²) in [6.45, 7) is 1.68. The van der Waals surface area contributed by atoms with Crippen molar-refractivity contribution < 1.29 is 40.3 Å². The molecule has 2 fully saturated rings. The highest BCUT2D eigenvalue weighted by atomic mass is 32.2. The zero-order valence-electron chi connectivity index (χ0n) is 25.0. The molecule has 2 amide bonds. The predicted octanol–water partition coefficient (Wildman–Crippen LogP) is 5.40. The van der Waals surface area contributed by atoms with E-state index >= 15 is 0 Å². The van der Waals surface area contributed by atoms with Gasteiger partial charge in [0, 0.05) is 19.5 Å². The van der Waals surface area contributed by atoms with Crippen molar-refractivity contribution in [3.05, 3.63) is 47.2 Å². The molecule has 1 aliphatic carbocycles. The minimum Gasteiger partial charge on any atom is -0.497 e. The maximum absolute atomic E-state index is 12.7. The second-order valence-electron chi connectivity index (χ2n) is 11.6. The van der Waals surface area contributed by atoms with Gasteiger partial charge in [0.2, 0.25) is 11.8 Å². The van der Waals surface area contributed by atoms with Crippen molar-refractivity contribution in [3.8, 4) is 5.75 Å². The van der Waals surface area contributed by atoms with E-state index in [9.17, 15) is 31.2 Å². The maximum atomic E-state index is 12.7. The number of aromatic nitrogens is 1. The van der Waals surface area contributed by atoms with E-state index in [0.717, 1.165) is 41.9 Å². The monoisotopic (exact) mass is 642 g/mol. The number of aryl methyl sites for hydroxylation is 1. The minimum atomic E-state index is -5.77. The van der Waals surface area contributed by atoms with Crippen molar-refractivity contribution in [3.63, 3.8) is 0 Å². The summed E-state index contributed by atoms with van der Waals surface area (Å²) in [6.07, 6.45) is 12.4. The number of hydrogen-bond acceptors (Lipinski definition) is 8. The lowest BCUT2D eigenvalue weighted by Gasteiger charge is -2.24. The van der Waals surface area contributed by atoms with Crippen LogP contribution in [0.4, 0.5) is 13.2 Å². The fourth-order valence-electron chi connectivity index (χ4n) is 6.01. The first-order chi connectivity index (χ1) is 21.0. The molecule has 1 saturated heterocycles. The molecule has 1 aliphatic heterocycles. The molecular weight excluding hydrogens is 601 g/mol. The number of nitrogens with one attached hydrogen (secondary N) is 2. The highest BCUT2D eigenvalue weighted by molar-refractivity contribution is 7.90. The summed E-state index contributed by atoms with van der Waals surface area (Å²) >= 11 is 0. The molecule has 1 aromatic heterocycles. The van der Waals surface area contributed by atoms with Gasteiger partial charge in [-0.05, 0) is 61.4 Å². The van der Waals surface area contributed by atoms with Crippen molar-refractivity contribution in [2.45, 2.75) is 95.1 Å². The standard InChI is InChI=1S/C30H41F3N4O6S/c1-42-24-14-12-22(13-15-27(38)36-44(40,41)30(31,32)33)23(18-24)19-37-17-7-11-26(37)29-35-25(20-43-29)28(39)34-16-6-5-10-21-8-3-2-4-9-21/h12,14,18,20-21,26H,2-11,13,15-17,19H2,1H3,(H,34,39)(H,36,38)/t26-/m0/s1. The molecule has 2 aromatic rings. The number of likely N-dealkylation sites (tertiary alicyclic amines) is 1. The lowest BCUT2D eigenvalue weighted by Crippen LogP contribution is -2.40. The number of oxazole rings is 1. The van der Waals surface area contributed by atoms with Gasteiger partial charge in [-0.1, -0.05) is 51.0 Å². The fourth-order valence-corrected chi connectivity index (χ4v) is 6.53. The average Bonchev–Trinajstić information content (AvgIpc) is 3.66. The summed E-state index contributed by atoms with van der Waals surface area (Å²) in [5, 5.41) is 2.94. The van der Waals surface area contributed by atoms with Gasteiger partial charge in [-0.15, -0.1) is 0 Å². The summed E-state index contributed by atoms with van der Waals surface area (Å²) < 4.78 is 72.6. The Kier molecular flexibility index (Phi) is 11.7. The number of hydrogen-bond donors (Lipinski definition) is 2. The number of benzene rings is 1. The Morgan fingerprint density at radius 2 is 1.86 bits per heavy atom. The number of carbonyl (C=O) groups excluding carboxylic acids is 2. The van der Waals surface area contributed by atoms with Crippen LogP contribution in [0.15, 0.2) is 28.9 Å². The van der Waals surface area contributed by atoms with Crippen molar-refractivity contribution in [2.75, 3.05) is 20.2 Å². The van der Waals surface area contributed by atoms with Crippen LogP contribution in [0.3, 0.4) is 0 Å². The van der Waals surface area contributed by atoms with Crippen molar-refractivity contribution >= 4 is 21.8 Å². The summed E-state index contributed by atoms with van der Waals surface area (Å²) in [7, 11) is -4.27. The number of carbonyl (C=O) groups is 2. The first kappa shape index (κ1) is 33.8. The number of methoxy groups -OCH3 is 1. The zero-order chi connectivity index (χ0) is 31.7. The third kappa shape index (κ3) is 9.19. The maximum Gasteiger partial charge on any atom is 0.516 e. The van der Waals surface area contributed by atoms with E-state index in [2.05, 4.69) is 15.2 Å². The normalized spacial score (nSPS) is 18.3. The highest BCUT2D eigenvalue weighted by Crippen LogP contribution is 2.34. The van der Waals surface area contributed by atoms with Crippen LogP contribution in [0.1, 0.15) is 104 Å². The Labute approximate surface area is 256 Å². The van der Waals surface area contributed by atoms with Gasteiger partial charge in [-0.3, -0.25) is 14.5 Å². The van der Waals surface area contributed by atoms with Crippen LogP contribution in [0.2, 0.25) is 0 Å². The molecule has 244 valence electrons. The topological polar surface area (TPSA) is 131 Å². The number of sulfonamides is 1. The molecule has 4 rings (SSSR count). The Hall–Kier alpha value is -3.13. The molecule has 14 heteroatoms. The lowest BCUT2D eigenvalue weighted by atomic mass is 9.86. The number of unbranched alkanes of at least 4 members (excludes halogenated alkanes) is 1. The molecule has 10 nitrogen and oxygen atoms in total. The SMILES string of the molecule is COc1ccc(CCC(=O)NS(=O)(=O)C(F)(F)F)c(CN2CCC[C@H]2c2nc(C(=O)NCCCCC3CCCCC3)co2)c1. The predicted molar refractivity (Wildman–Crippen MR) is 156 cm³/mol. The molecule has 0 radical (unpaired) electrons. The molecule has 1 atom stereocenters. The van der Waals surface area contributed by atoms with Crippen LogP contribution < -0.4 is 14.8 Å². The summed E-state index contributed by atoms with van der Waals surface area (Å²) in [4.78, 5) is 31.3. The molecule has 2 N–H and O–H groups in total. The first-order valence-corrected chi connectivity index (χ1v) is 16.7. The molecule has 44 heavy (non-hydrogen) atoms. The second kappa shape index (κ2) is 15.2. The number of ether oxygens (including phenoxy) is 1. The zero-order valence-corrected chi connectivity index (χ0v) is 25.8. The van der Waals surface area contributed by atoms with Crippen molar-refractivity contribution in [1.82, 2.24) is 19.9 Å². The molecule has 1 saturated carbocycles. The van der Waals surface area contributed by atoms with Crippen LogP contribution in [0.5, 0.6) is 5.75 Å². The fraction of sp³-hybridized carbons (Fsp3) is 0.633. The summed E-state index contributed by atoms with van der Waals surface area (Å²) in [5.41, 5.74) is -3.93. The van der Waals surface area contributed by atoms with E-state index < -0.39 is 27.9 Å². The van der Waals surface area contributed by atoms with Gasteiger partial charge in [0.1, 0.15) is 12.0 Å². The van der Waals surface area contributed by atoms with E-state index in [0.29, 0.717) is 36.8 Å². The van der Waals surface area contributed by atoms with Crippen LogP contribution in [0, 0.1) is 5.92 Å². The smallest absolute Gasteiger partial charge is 0.497 e. The largest absolute Gasteiger partial charge is 0.516 e. The van der Waals surface area contributed by atoms with Gasteiger partial charge < -0.3 is 14.5 Å². The Balaban J connectivity index is 1.33. The Morgan fingerprint density at radius 1 is 1.09 bits per heavy atom. The van der Waals surface area contributed by atoms with Gasteiger partial charge in [0.05, 0.1) is 13.2 Å². The van der Waals surface area contributed by atoms with Gasteiger partial charge >= 0.3 is 15.5 Å². The van der Waals surface area contributed by atoms with Crippen LogP contribution >= 0.6 is 0 Å². The van der Waals surface area contributed by atoms with Gasteiger partial charge in [0.15, 0.2) is 5.69 Å².